The SMILES string of the molecule is Cc1cc(-c2cccc3c2C[C@@]2(C3)N=C(N)O[C@@H]2C)ccn1. The average molecular weight is 293 g/mol. The van der Waals surface area contributed by atoms with Crippen molar-refractivity contribution in [3.8, 4) is 11.1 Å². The summed E-state index contributed by atoms with van der Waals surface area (Å²) in [6.07, 6.45) is 3.66. The third-order valence-electron chi connectivity index (χ3n) is 4.85. The summed E-state index contributed by atoms with van der Waals surface area (Å²) < 4.78 is 5.61. The van der Waals surface area contributed by atoms with E-state index in [1.54, 1.807) is 0 Å². The first-order valence-electron chi connectivity index (χ1n) is 7.63. The molecule has 0 fully saturated rings. The van der Waals surface area contributed by atoms with Gasteiger partial charge in [-0.25, -0.2) is 4.99 Å². The fraction of sp³-hybridized carbons (Fsp3) is 0.333. The number of aromatic nitrogens is 1. The number of fused-ring (bicyclic) bond motifs is 1. The molecule has 1 aromatic heterocycles. The van der Waals surface area contributed by atoms with Gasteiger partial charge in [-0.15, -0.1) is 0 Å². The number of hydrogen-bond acceptors (Lipinski definition) is 4. The number of nitrogens with two attached hydrogens (primary N) is 1. The van der Waals surface area contributed by atoms with Crippen LogP contribution in [-0.4, -0.2) is 22.6 Å². The van der Waals surface area contributed by atoms with Gasteiger partial charge in [0.1, 0.15) is 11.6 Å². The number of amidine groups is 1. The van der Waals surface area contributed by atoms with E-state index in [-0.39, 0.29) is 11.6 Å². The van der Waals surface area contributed by atoms with Crippen molar-refractivity contribution in [3.63, 3.8) is 0 Å². The summed E-state index contributed by atoms with van der Waals surface area (Å²) >= 11 is 0. The van der Waals surface area contributed by atoms with Crippen molar-refractivity contribution in [2.45, 2.75) is 38.3 Å². The minimum atomic E-state index is -0.232. The van der Waals surface area contributed by atoms with Crippen molar-refractivity contribution in [1.82, 2.24) is 4.98 Å². The van der Waals surface area contributed by atoms with Crippen LogP contribution in [0.1, 0.15) is 23.7 Å². The maximum absolute atomic E-state index is 5.80. The molecular weight excluding hydrogens is 274 g/mol. The number of nitrogens with zero attached hydrogens (tertiary/aromatic N) is 2. The van der Waals surface area contributed by atoms with Crippen molar-refractivity contribution < 1.29 is 4.74 Å². The molecule has 2 aromatic rings. The van der Waals surface area contributed by atoms with Crippen LogP contribution < -0.4 is 5.73 Å². The second-order valence-electron chi connectivity index (χ2n) is 6.30. The van der Waals surface area contributed by atoms with Crippen molar-refractivity contribution in [1.29, 1.82) is 0 Å². The molecule has 0 saturated carbocycles. The normalized spacial score (nSPS) is 25.9. The zero-order chi connectivity index (χ0) is 15.3. The van der Waals surface area contributed by atoms with Crippen LogP contribution in [0.4, 0.5) is 0 Å². The van der Waals surface area contributed by atoms with Crippen molar-refractivity contribution in [2.75, 3.05) is 0 Å². The van der Waals surface area contributed by atoms with Crippen molar-refractivity contribution in [2.24, 2.45) is 10.7 Å². The molecule has 2 atom stereocenters. The minimum Gasteiger partial charge on any atom is -0.460 e. The fourth-order valence-corrected chi connectivity index (χ4v) is 3.69. The summed E-state index contributed by atoms with van der Waals surface area (Å²) in [6, 6.07) is 11.0. The molecule has 112 valence electrons. The Morgan fingerprint density at radius 1 is 1.27 bits per heavy atom. The van der Waals surface area contributed by atoms with E-state index in [2.05, 4.69) is 47.2 Å². The Bertz CT molecular complexity index is 784. The molecule has 1 aromatic carbocycles. The Hall–Kier alpha value is -2.36. The first-order chi connectivity index (χ1) is 10.6. The van der Waals surface area contributed by atoms with E-state index in [0.29, 0.717) is 6.02 Å². The maximum Gasteiger partial charge on any atom is 0.282 e. The van der Waals surface area contributed by atoms with Gasteiger partial charge in [-0.2, -0.15) is 0 Å². The lowest BCUT2D eigenvalue weighted by Crippen LogP contribution is -2.36. The van der Waals surface area contributed by atoms with Gasteiger partial charge in [-0.05, 0) is 48.2 Å². The Labute approximate surface area is 130 Å². The van der Waals surface area contributed by atoms with Crippen molar-refractivity contribution in [3.05, 3.63) is 53.3 Å². The molecule has 4 rings (SSSR count). The van der Waals surface area contributed by atoms with Crippen LogP contribution in [0.25, 0.3) is 11.1 Å². The maximum atomic E-state index is 5.80. The first-order valence-corrected chi connectivity index (χ1v) is 7.63. The van der Waals surface area contributed by atoms with Gasteiger partial charge in [0.25, 0.3) is 6.02 Å². The molecular formula is C18H19N3O. The van der Waals surface area contributed by atoms with Crippen LogP contribution in [0, 0.1) is 6.92 Å². The lowest BCUT2D eigenvalue weighted by molar-refractivity contribution is 0.157. The van der Waals surface area contributed by atoms with E-state index in [9.17, 15) is 0 Å². The minimum absolute atomic E-state index is 0.0203. The standard InChI is InChI=1S/C18H19N3O/c1-11-8-13(6-7-20-11)15-5-3-4-14-9-18(10-16(14)15)12(2)22-17(19)21-18/h3-8,12H,9-10H2,1-2H3,(H2,19,21)/t12-,18-/m1/s1. The van der Waals surface area contributed by atoms with E-state index in [4.69, 9.17) is 10.5 Å². The smallest absolute Gasteiger partial charge is 0.282 e. The predicted molar refractivity (Wildman–Crippen MR) is 86.7 cm³/mol. The van der Waals surface area contributed by atoms with E-state index in [0.717, 1.165) is 18.5 Å². The highest BCUT2D eigenvalue weighted by Crippen LogP contribution is 2.43. The lowest BCUT2D eigenvalue weighted by atomic mass is 9.90. The third-order valence-corrected chi connectivity index (χ3v) is 4.85. The van der Waals surface area contributed by atoms with E-state index < -0.39 is 0 Å². The van der Waals surface area contributed by atoms with Gasteiger partial charge >= 0.3 is 0 Å². The molecule has 0 unspecified atom stereocenters. The monoisotopic (exact) mass is 293 g/mol. The second-order valence-corrected chi connectivity index (χ2v) is 6.30. The topological polar surface area (TPSA) is 60.5 Å². The first kappa shape index (κ1) is 13.3. The average Bonchev–Trinajstić information content (AvgIpc) is 2.98. The van der Waals surface area contributed by atoms with Crippen molar-refractivity contribution >= 4 is 6.02 Å². The molecule has 4 heteroatoms. The Morgan fingerprint density at radius 3 is 2.86 bits per heavy atom. The van der Waals surface area contributed by atoms with E-state index >= 15 is 0 Å². The van der Waals surface area contributed by atoms with Crippen LogP contribution in [-0.2, 0) is 17.6 Å². The number of benzene rings is 1. The largest absolute Gasteiger partial charge is 0.460 e. The number of pyridine rings is 1. The predicted octanol–water partition coefficient (Wildman–Crippen LogP) is 2.63. The molecule has 0 amide bonds. The molecule has 1 aliphatic heterocycles. The molecule has 4 nitrogen and oxygen atoms in total. The number of hydrogen-bond donors (Lipinski definition) is 1. The van der Waals surface area contributed by atoms with Crippen LogP contribution in [0.5, 0.6) is 0 Å². The molecule has 2 aliphatic rings. The summed E-state index contributed by atoms with van der Waals surface area (Å²) in [4.78, 5) is 8.92. The summed E-state index contributed by atoms with van der Waals surface area (Å²) in [7, 11) is 0. The molecule has 0 saturated heterocycles. The molecule has 22 heavy (non-hydrogen) atoms. The highest BCUT2D eigenvalue weighted by atomic mass is 16.5. The summed E-state index contributed by atoms with van der Waals surface area (Å²) in [5.41, 5.74) is 11.8. The summed E-state index contributed by atoms with van der Waals surface area (Å²) in [5, 5.41) is 0. The number of aliphatic imine (C=N–C) groups is 1. The molecule has 0 radical (unpaired) electrons. The van der Waals surface area contributed by atoms with E-state index in [1.165, 1.54) is 22.3 Å². The second kappa shape index (κ2) is 4.57. The molecule has 0 bridgehead atoms. The van der Waals surface area contributed by atoms with Crippen LogP contribution in [0.3, 0.4) is 0 Å². The zero-order valence-electron chi connectivity index (χ0n) is 12.8. The molecule has 1 aliphatic carbocycles. The van der Waals surface area contributed by atoms with Gasteiger partial charge in [0.05, 0.1) is 0 Å². The van der Waals surface area contributed by atoms with Gasteiger partial charge in [0, 0.05) is 24.7 Å². The van der Waals surface area contributed by atoms with Crippen LogP contribution in [0.2, 0.25) is 0 Å². The quantitative estimate of drug-likeness (QED) is 0.879. The highest BCUT2D eigenvalue weighted by Gasteiger charge is 2.48. The van der Waals surface area contributed by atoms with Gasteiger partial charge in [-0.3, -0.25) is 4.98 Å². The number of aryl methyl sites for hydroxylation is 1. The summed E-state index contributed by atoms with van der Waals surface area (Å²) in [5.74, 6) is 0. The third kappa shape index (κ3) is 1.90. The van der Waals surface area contributed by atoms with Gasteiger partial charge in [-0.1, -0.05) is 18.2 Å². The van der Waals surface area contributed by atoms with Gasteiger partial charge < -0.3 is 10.5 Å². The van der Waals surface area contributed by atoms with Gasteiger partial charge in [0.15, 0.2) is 0 Å². The number of ether oxygens (including phenoxy) is 1. The van der Waals surface area contributed by atoms with E-state index in [1.807, 2.05) is 13.1 Å². The van der Waals surface area contributed by atoms with Crippen LogP contribution >= 0.6 is 0 Å². The Balaban J connectivity index is 1.81. The zero-order valence-corrected chi connectivity index (χ0v) is 12.8. The lowest BCUT2D eigenvalue weighted by Gasteiger charge is -2.23. The van der Waals surface area contributed by atoms with Gasteiger partial charge in [0.2, 0.25) is 0 Å². The van der Waals surface area contributed by atoms with Crippen LogP contribution in [0.15, 0.2) is 41.5 Å². The molecule has 1 spiro atoms. The number of rotatable bonds is 1. The Kier molecular flexibility index (Phi) is 2.76. The Morgan fingerprint density at radius 2 is 2.14 bits per heavy atom. The highest BCUT2D eigenvalue weighted by molar-refractivity contribution is 5.76. The molecule has 2 heterocycles. The fourth-order valence-electron chi connectivity index (χ4n) is 3.69. The summed E-state index contributed by atoms with van der Waals surface area (Å²) in [6.45, 7) is 4.08. The molecule has 2 N–H and O–H groups in total.